The van der Waals surface area contributed by atoms with Crippen molar-refractivity contribution in [1.82, 2.24) is 68.0 Å². The molecule has 1 aromatic heterocycles. The molecule has 14 N–H and O–H groups in total. The molecular weight excluding hydrogens is 1150 g/mol. The molecule has 2 aromatic carbocycles. The zero-order valence-electron chi connectivity index (χ0n) is 48.9. The Balaban J connectivity index is 1.16. The number of aromatic nitrogens is 1. The van der Waals surface area contributed by atoms with Gasteiger partial charge in [0.25, 0.3) is 11.8 Å². The number of aliphatic hydroxyl groups is 2. The number of carbonyl (C=O) groups is 13. The third-order valence-electron chi connectivity index (χ3n) is 15.0. The van der Waals surface area contributed by atoms with Crippen LogP contribution in [-0.4, -0.2) is 196 Å². The zero-order valence-corrected chi connectivity index (χ0v) is 49.7. The van der Waals surface area contributed by atoms with Crippen molar-refractivity contribution in [2.45, 2.75) is 120 Å². The van der Waals surface area contributed by atoms with Gasteiger partial charge in [0.05, 0.1) is 62.5 Å². The minimum absolute atomic E-state index is 0.0638. The number of anilines is 1. The molecule has 3 aliphatic heterocycles. The third kappa shape index (κ3) is 19.1. The highest BCUT2D eigenvalue weighted by Crippen LogP contribution is 2.30. The molecule has 0 unspecified atom stereocenters. The van der Waals surface area contributed by atoms with E-state index in [0.717, 1.165) is 28.0 Å². The molecule has 3 aromatic rings. The van der Waals surface area contributed by atoms with Gasteiger partial charge in [-0.3, -0.25) is 72.5 Å². The number of hydrogen-bond donors (Lipinski definition) is 14. The molecule has 29 nitrogen and oxygen atoms in total. The smallest absolute Gasteiger partial charge is 0.253 e. The molecule has 13 amide bonds. The lowest BCUT2D eigenvalue weighted by atomic mass is 9.94. The summed E-state index contributed by atoms with van der Waals surface area (Å²) in [5.41, 5.74) is 2.27. The number of aliphatic hydroxyl groups excluding tert-OH is 2. The van der Waals surface area contributed by atoms with Crippen LogP contribution in [0.3, 0.4) is 0 Å². The maximum Gasteiger partial charge on any atom is 0.253 e. The van der Waals surface area contributed by atoms with Gasteiger partial charge in [-0.2, -0.15) is 0 Å². The van der Waals surface area contributed by atoms with E-state index in [0.29, 0.717) is 34.7 Å². The van der Waals surface area contributed by atoms with Gasteiger partial charge in [-0.25, -0.2) is 0 Å². The Kier molecular flexibility index (Phi) is 24.9. The van der Waals surface area contributed by atoms with Crippen LogP contribution >= 0.6 is 11.8 Å². The number of fused-ring (bicyclic) bond motifs is 2. The van der Waals surface area contributed by atoms with E-state index in [9.17, 15) is 72.5 Å². The molecule has 470 valence electrons. The first kappa shape index (κ1) is 67.4. The summed E-state index contributed by atoms with van der Waals surface area (Å²) in [6.45, 7) is 2.95. The van der Waals surface area contributed by atoms with Crippen LogP contribution < -0.4 is 58.5 Å². The van der Waals surface area contributed by atoms with Gasteiger partial charge < -0.3 is 73.3 Å². The summed E-state index contributed by atoms with van der Waals surface area (Å²) in [4.78, 5) is 178. The number of nitrogens with one attached hydrogen (secondary N) is 12. The first-order valence-electron chi connectivity index (χ1n) is 28.5. The van der Waals surface area contributed by atoms with E-state index in [1.54, 1.807) is 26.0 Å². The molecule has 0 saturated carbocycles. The quantitative estimate of drug-likeness (QED) is 0.0391. The first-order chi connectivity index (χ1) is 41.5. The summed E-state index contributed by atoms with van der Waals surface area (Å²) >= 11 is 1.37. The Bertz CT molecular complexity index is 3080. The Labute approximate surface area is 505 Å². The van der Waals surface area contributed by atoms with Crippen molar-refractivity contribution < 1.29 is 72.5 Å². The number of nitrogens with zero attached hydrogens (tertiary/aromatic N) is 2. The normalized spacial score (nSPS) is 21.7. The summed E-state index contributed by atoms with van der Waals surface area (Å²) in [6, 6.07) is 6.95. The summed E-state index contributed by atoms with van der Waals surface area (Å²) in [6.07, 6.45) is 1.56. The molecule has 0 aliphatic carbocycles. The van der Waals surface area contributed by atoms with E-state index < -0.39 is 170 Å². The summed E-state index contributed by atoms with van der Waals surface area (Å²) in [5, 5.41) is 51.3. The highest BCUT2D eigenvalue weighted by molar-refractivity contribution is 7.98. The van der Waals surface area contributed by atoms with Crippen molar-refractivity contribution in [3.05, 3.63) is 71.8 Å². The van der Waals surface area contributed by atoms with E-state index in [1.807, 2.05) is 30.5 Å². The number of imide groups is 1. The number of aromatic amines is 1. The molecule has 0 bridgehead atoms. The maximum absolute atomic E-state index is 14.8. The number of carbonyl (C=O) groups excluding carboxylic acids is 13. The fourth-order valence-corrected chi connectivity index (χ4v) is 10.4. The molecule has 0 radical (unpaired) electrons. The van der Waals surface area contributed by atoms with Gasteiger partial charge in [-0.05, 0) is 61.3 Å². The number of para-hydroxylation sites is 1. The largest absolute Gasteiger partial charge is 0.394 e. The van der Waals surface area contributed by atoms with Crippen LogP contribution in [0, 0.1) is 11.8 Å². The van der Waals surface area contributed by atoms with Crippen molar-refractivity contribution in [1.29, 1.82) is 0 Å². The summed E-state index contributed by atoms with van der Waals surface area (Å²) in [5.74, 6) is -10.8. The van der Waals surface area contributed by atoms with Crippen LogP contribution in [0.4, 0.5) is 5.69 Å². The van der Waals surface area contributed by atoms with Crippen molar-refractivity contribution in [3.63, 3.8) is 0 Å². The molecule has 0 spiro atoms. The molecule has 30 heteroatoms. The molecule has 6 rings (SSSR count). The van der Waals surface area contributed by atoms with Crippen LogP contribution in [0.5, 0.6) is 0 Å². The summed E-state index contributed by atoms with van der Waals surface area (Å²) < 4.78 is 0. The summed E-state index contributed by atoms with van der Waals surface area (Å²) in [7, 11) is 0. The van der Waals surface area contributed by atoms with Crippen LogP contribution in [0.2, 0.25) is 0 Å². The van der Waals surface area contributed by atoms with Gasteiger partial charge in [0.15, 0.2) is 0 Å². The van der Waals surface area contributed by atoms with E-state index in [4.69, 9.17) is 0 Å². The van der Waals surface area contributed by atoms with Gasteiger partial charge in [0, 0.05) is 67.1 Å². The number of rotatable bonds is 20. The monoisotopic (exact) mass is 1230 g/mol. The first-order valence-corrected chi connectivity index (χ1v) is 29.7. The molecule has 87 heavy (non-hydrogen) atoms. The highest BCUT2D eigenvalue weighted by Gasteiger charge is 2.41. The van der Waals surface area contributed by atoms with E-state index in [-0.39, 0.29) is 38.9 Å². The lowest BCUT2D eigenvalue weighted by Crippen LogP contribution is -2.62. The predicted octanol–water partition coefficient (Wildman–Crippen LogP) is -3.23. The second kappa shape index (κ2) is 32.1. The van der Waals surface area contributed by atoms with Gasteiger partial charge >= 0.3 is 0 Å². The van der Waals surface area contributed by atoms with Crippen LogP contribution in [0.25, 0.3) is 10.9 Å². The Morgan fingerprint density at radius 3 is 2.10 bits per heavy atom. The zero-order chi connectivity index (χ0) is 63.5. The van der Waals surface area contributed by atoms with Crippen molar-refractivity contribution in [2.24, 2.45) is 11.8 Å². The lowest BCUT2D eigenvalue weighted by Gasteiger charge is -2.35. The number of thioether (sulfide) groups is 1. The van der Waals surface area contributed by atoms with Crippen LogP contribution in [0.1, 0.15) is 70.9 Å². The number of H-pyrrole nitrogens is 1. The second-order valence-electron chi connectivity index (χ2n) is 21.3. The number of amides is 13. The minimum Gasteiger partial charge on any atom is -0.394 e. The van der Waals surface area contributed by atoms with Crippen LogP contribution in [0.15, 0.2) is 65.7 Å². The number of hydrogen-bond acceptors (Lipinski definition) is 17. The third-order valence-corrected chi connectivity index (χ3v) is 15.8. The lowest BCUT2D eigenvalue weighted by molar-refractivity contribution is -0.140. The second-order valence-corrected chi connectivity index (χ2v) is 22.1. The highest BCUT2D eigenvalue weighted by atomic mass is 32.2. The van der Waals surface area contributed by atoms with Gasteiger partial charge in [0.1, 0.15) is 24.2 Å². The minimum atomic E-state index is -1.58. The molecule has 2 saturated heterocycles. The Morgan fingerprint density at radius 2 is 1.41 bits per heavy atom. The molecule has 4 heterocycles. The van der Waals surface area contributed by atoms with Gasteiger partial charge in [-0.15, -0.1) is 11.8 Å². The number of benzene rings is 2. The SMILES string of the molecule is CC[C@H](C)[C@@H]1NC(=O)CNC(=O)[C@H](Cc2c(SC)[nH]c3ccccc23)NC(=O)[C@H]([C@@H](C)[C@@H](O)CO)N[C@@H]2CCCN2C(=O)[C@H](CC(=O)NCc2ccc(NC(=O)[C@H](C)NC(=O)CNC(=O)CCN3C(=O)C=CC3=O)cc2)NC(=O)CNC(=O)CNC1=O. The molecule has 2 fully saturated rings. The Morgan fingerprint density at radius 1 is 0.747 bits per heavy atom. The fraction of sp³-hybridized carbons (Fsp3) is 0.491. The fourth-order valence-electron chi connectivity index (χ4n) is 9.78. The van der Waals surface area contributed by atoms with E-state index >= 15 is 0 Å². The van der Waals surface area contributed by atoms with Crippen molar-refractivity contribution >= 4 is 105 Å². The predicted molar refractivity (Wildman–Crippen MR) is 315 cm³/mol. The van der Waals surface area contributed by atoms with Crippen molar-refractivity contribution in [3.8, 4) is 0 Å². The Hall–Kier alpha value is -8.74. The van der Waals surface area contributed by atoms with Crippen LogP contribution in [-0.2, 0) is 75.3 Å². The van der Waals surface area contributed by atoms with E-state index in [2.05, 4.69) is 63.5 Å². The molecule has 9 atom stereocenters. The average molecular weight is 1230 g/mol. The molecular formula is C57H76N14O15S. The topological polar surface area (TPSA) is 417 Å². The molecule has 3 aliphatic rings. The van der Waals surface area contributed by atoms with Gasteiger partial charge in [0.2, 0.25) is 65.0 Å². The standard InChI is InChI=1S/C57H76N14O15S/c1-6-30(2)50-54(84)62-25-44(76)60-27-46(78)65-39(23-43(75)58-24-33-13-15-34(16-14-33)64-52(82)32(4)63-45(77)26-59-42(74)19-21-71-48(80)17-18-49(71)81)57(86)70-20-9-12-41(70)68-51(31(3)40(73)29-72)55(85)66-38(53(83)61-28-47(79)69-50)22-36-35-10-7-8-11-37(35)67-56(36)87-5/h7-8,10-11,13-18,30-32,38-41,50-51,67-68,72-73H,6,9,12,19-29H2,1-5H3,(H,58,75)(H,59,74)(H,60,76)(H,61,83)(H,62,84)(H,63,77)(H,64,82)(H,65,78)(H,66,85)(H,69,79)/t30-,31-,32-,38-,39-,40-,41-,50-,51-/m0/s1. The maximum atomic E-state index is 14.8. The van der Waals surface area contributed by atoms with Crippen molar-refractivity contribution in [2.75, 3.05) is 57.4 Å². The van der Waals surface area contributed by atoms with E-state index in [1.165, 1.54) is 42.6 Å². The average Bonchev–Trinajstić information content (AvgIpc) is 2.52. The van der Waals surface area contributed by atoms with Gasteiger partial charge in [-0.1, -0.05) is 57.5 Å².